The van der Waals surface area contributed by atoms with Crippen LogP contribution in [0.3, 0.4) is 0 Å². The van der Waals surface area contributed by atoms with Crippen LogP contribution in [0.2, 0.25) is 5.28 Å². The largest absolute Gasteiger partial charge is 0.223 e. The number of halogens is 1. The summed E-state index contributed by atoms with van der Waals surface area (Å²) < 4.78 is 0. The second kappa shape index (κ2) is 2.47. The Morgan fingerprint density at radius 3 is 2.00 bits per heavy atom. The summed E-state index contributed by atoms with van der Waals surface area (Å²) in [7, 11) is 0. The molecule has 2 aliphatic rings. The average Bonchev–Trinajstić information content (AvgIpc) is 2.17. The van der Waals surface area contributed by atoms with Crippen molar-refractivity contribution in [3.8, 4) is 11.4 Å². The summed E-state index contributed by atoms with van der Waals surface area (Å²) >= 11 is 5.60. The van der Waals surface area contributed by atoms with Crippen LogP contribution in [0.15, 0.2) is 30.3 Å². The van der Waals surface area contributed by atoms with Gasteiger partial charge in [0.1, 0.15) is 0 Å². The molecule has 0 atom stereocenters. The van der Waals surface area contributed by atoms with E-state index < -0.39 is 0 Å². The fourth-order valence-corrected chi connectivity index (χ4v) is 1.12. The van der Waals surface area contributed by atoms with Crippen molar-refractivity contribution >= 4 is 11.6 Å². The second-order valence-corrected chi connectivity index (χ2v) is 2.51. The molecule has 0 fully saturated rings. The van der Waals surface area contributed by atoms with Crippen molar-refractivity contribution in [2.24, 2.45) is 0 Å². The highest BCUT2D eigenvalue weighted by Gasteiger charge is 2.04. The van der Waals surface area contributed by atoms with Gasteiger partial charge in [0.2, 0.25) is 5.28 Å². The van der Waals surface area contributed by atoms with Crippen molar-refractivity contribution in [1.82, 2.24) is 9.97 Å². The Morgan fingerprint density at radius 2 is 1.45 bits per heavy atom. The minimum absolute atomic E-state index is 0.311. The molecule has 0 aromatic rings. The van der Waals surface area contributed by atoms with Gasteiger partial charge < -0.3 is 0 Å². The predicted molar refractivity (Wildman–Crippen MR) is 43.7 cm³/mol. The van der Waals surface area contributed by atoms with Crippen LogP contribution in [0.1, 0.15) is 0 Å². The molecule has 1 heterocycles. The third kappa shape index (κ3) is 1.17. The van der Waals surface area contributed by atoms with Gasteiger partial charge in [-0.25, -0.2) is 9.97 Å². The van der Waals surface area contributed by atoms with Gasteiger partial charge in [0.05, 0.1) is 11.4 Å². The van der Waals surface area contributed by atoms with Crippen molar-refractivity contribution in [1.29, 1.82) is 0 Å². The fourth-order valence-electron chi connectivity index (χ4n) is 0.941. The van der Waals surface area contributed by atoms with Crippen molar-refractivity contribution in [2.75, 3.05) is 0 Å². The Morgan fingerprint density at radius 1 is 0.909 bits per heavy atom. The van der Waals surface area contributed by atoms with Crippen molar-refractivity contribution in [3.63, 3.8) is 0 Å². The SMILES string of the molecule is Clc1nc2cccccc-2n1. The standard InChI is InChI=1S/C8H5ClN2/c9-8-10-6-4-2-1-3-5-7(6)11-8/h1-5H. The lowest BCUT2D eigenvalue weighted by atomic mass is 10.3. The summed E-state index contributed by atoms with van der Waals surface area (Å²) in [5.41, 5.74) is 1.67. The van der Waals surface area contributed by atoms with E-state index >= 15 is 0 Å². The molecule has 2 rings (SSSR count). The topological polar surface area (TPSA) is 25.8 Å². The van der Waals surface area contributed by atoms with Gasteiger partial charge in [0.15, 0.2) is 0 Å². The molecular formula is C8H5ClN2. The minimum atomic E-state index is 0.311. The Kier molecular flexibility index (Phi) is 1.47. The monoisotopic (exact) mass is 164 g/mol. The van der Waals surface area contributed by atoms with E-state index in [1.165, 1.54) is 0 Å². The van der Waals surface area contributed by atoms with E-state index in [1.807, 2.05) is 30.3 Å². The Bertz CT molecular complexity index is 317. The molecule has 0 spiro atoms. The maximum absolute atomic E-state index is 5.60. The minimum Gasteiger partial charge on any atom is -0.216 e. The van der Waals surface area contributed by atoms with Gasteiger partial charge >= 0.3 is 0 Å². The lowest BCUT2D eigenvalue weighted by Gasteiger charge is -1.81. The maximum Gasteiger partial charge on any atom is 0.223 e. The highest BCUT2D eigenvalue weighted by atomic mass is 35.5. The van der Waals surface area contributed by atoms with Crippen LogP contribution in [-0.4, -0.2) is 9.97 Å². The van der Waals surface area contributed by atoms with E-state index in [9.17, 15) is 0 Å². The highest BCUT2D eigenvalue weighted by Crippen LogP contribution is 2.18. The number of hydrogen-bond donors (Lipinski definition) is 0. The number of nitrogens with zero attached hydrogens (tertiary/aromatic N) is 2. The molecule has 1 aliphatic carbocycles. The quantitative estimate of drug-likeness (QED) is 0.597. The van der Waals surface area contributed by atoms with Crippen molar-refractivity contribution < 1.29 is 0 Å². The molecule has 3 heteroatoms. The molecule has 2 nitrogen and oxygen atoms in total. The summed E-state index contributed by atoms with van der Waals surface area (Å²) in [6.07, 6.45) is 0. The van der Waals surface area contributed by atoms with Crippen LogP contribution in [-0.2, 0) is 0 Å². The molecule has 0 amide bonds. The molecule has 0 N–H and O–H groups in total. The third-order valence-electron chi connectivity index (χ3n) is 1.42. The van der Waals surface area contributed by atoms with E-state index in [2.05, 4.69) is 9.97 Å². The molecule has 1 aliphatic heterocycles. The zero-order valence-electron chi connectivity index (χ0n) is 5.66. The number of aromatic nitrogens is 2. The first-order valence-electron chi connectivity index (χ1n) is 3.24. The average molecular weight is 165 g/mol. The summed E-state index contributed by atoms with van der Waals surface area (Å²) in [5, 5.41) is 0.311. The summed E-state index contributed by atoms with van der Waals surface area (Å²) in [6, 6.07) is 9.51. The van der Waals surface area contributed by atoms with Crippen LogP contribution in [0.4, 0.5) is 0 Å². The molecule has 0 aromatic heterocycles. The lowest BCUT2D eigenvalue weighted by Crippen LogP contribution is -1.67. The van der Waals surface area contributed by atoms with Gasteiger partial charge in [-0.1, -0.05) is 18.2 Å². The van der Waals surface area contributed by atoms with Crippen LogP contribution >= 0.6 is 11.6 Å². The van der Waals surface area contributed by atoms with Gasteiger partial charge in [-0.3, -0.25) is 0 Å². The fraction of sp³-hybridized carbons (Fsp3) is 0. The Balaban J connectivity index is 2.73. The Hall–Kier alpha value is -1.15. The summed E-state index contributed by atoms with van der Waals surface area (Å²) in [5.74, 6) is 0. The van der Waals surface area contributed by atoms with Crippen LogP contribution in [0, 0.1) is 0 Å². The van der Waals surface area contributed by atoms with Crippen LogP contribution in [0.25, 0.3) is 11.4 Å². The first-order chi connectivity index (χ1) is 5.36. The van der Waals surface area contributed by atoms with Crippen molar-refractivity contribution in [3.05, 3.63) is 35.6 Å². The number of imidazole rings is 1. The zero-order chi connectivity index (χ0) is 7.68. The van der Waals surface area contributed by atoms with Crippen LogP contribution in [0.5, 0.6) is 0 Å². The third-order valence-corrected chi connectivity index (χ3v) is 1.59. The normalized spacial score (nSPS) is 10.3. The number of hydrogen-bond acceptors (Lipinski definition) is 2. The summed E-state index contributed by atoms with van der Waals surface area (Å²) in [4.78, 5) is 8.01. The molecule has 0 saturated carbocycles. The molecule has 0 saturated heterocycles. The molecule has 54 valence electrons. The molecule has 0 radical (unpaired) electrons. The van der Waals surface area contributed by atoms with Crippen molar-refractivity contribution in [2.45, 2.75) is 0 Å². The highest BCUT2D eigenvalue weighted by molar-refractivity contribution is 6.28. The molecule has 11 heavy (non-hydrogen) atoms. The van der Waals surface area contributed by atoms with Gasteiger partial charge in [-0.2, -0.15) is 0 Å². The lowest BCUT2D eigenvalue weighted by molar-refractivity contribution is 1.33. The van der Waals surface area contributed by atoms with Gasteiger partial charge in [-0.05, 0) is 23.7 Å². The van der Waals surface area contributed by atoms with E-state index in [1.54, 1.807) is 0 Å². The smallest absolute Gasteiger partial charge is 0.216 e. The molecule has 0 unspecified atom stereocenters. The number of rotatable bonds is 0. The molecule has 0 aromatic carbocycles. The van der Waals surface area contributed by atoms with Gasteiger partial charge in [-0.15, -0.1) is 0 Å². The number of fused-ring (bicyclic) bond motifs is 1. The second-order valence-electron chi connectivity index (χ2n) is 2.17. The maximum atomic E-state index is 5.60. The van der Waals surface area contributed by atoms with E-state index in [0.29, 0.717) is 5.28 Å². The zero-order valence-corrected chi connectivity index (χ0v) is 6.42. The summed E-state index contributed by atoms with van der Waals surface area (Å²) in [6.45, 7) is 0. The Labute approximate surface area is 69.2 Å². The van der Waals surface area contributed by atoms with E-state index in [-0.39, 0.29) is 0 Å². The van der Waals surface area contributed by atoms with E-state index in [4.69, 9.17) is 11.6 Å². The molecular weight excluding hydrogens is 160 g/mol. The molecule has 0 bridgehead atoms. The van der Waals surface area contributed by atoms with Gasteiger partial charge in [0.25, 0.3) is 0 Å². The predicted octanol–water partition coefficient (Wildman–Crippen LogP) is 2.23. The first kappa shape index (κ1) is 6.55. The van der Waals surface area contributed by atoms with Crippen LogP contribution < -0.4 is 0 Å². The first-order valence-corrected chi connectivity index (χ1v) is 3.62. The van der Waals surface area contributed by atoms with E-state index in [0.717, 1.165) is 11.4 Å². The van der Waals surface area contributed by atoms with Gasteiger partial charge in [0, 0.05) is 0 Å².